The fourth-order valence-electron chi connectivity index (χ4n) is 2.97. The van der Waals surface area contributed by atoms with Gasteiger partial charge in [-0.25, -0.2) is 0 Å². The summed E-state index contributed by atoms with van der Waals surface area (Å²) in [7, 11) is 0. The molecule has 0 aromatic heterocycles. The highest BCUT2D eigenvalue weighted by Crippen LogP contribution is 2.42. The molecule has 5 heteroatoms. The molecule has 30 heavy (non-hydrogen) atoms. The Morgan fingerprint density at radius 1 is 0.733 bits per heavy atom. The summed E-state index contributed by atoms with van der Waals surface area (Å²) in [4.78, 5) is 0. The molecule has 0 saturated heterocycles. The number of fused-ring (bicyclic) bond motifs is 1. The van der Waals surface area contributed by atoms with E-state index in [0.717, 1.165) is 29.0 Å². The number of hydrogen-bond donors (Lipinski definition) is 0. The van der Waals surface area contributed by atoms with Gasteiger partial charge in [-0.2, -0.15) is 0 Å². The smallest absolute Gasteiger partial charge is 0.168 e. The Hall–Kier alpha value is -1.56. The normalized spacial score (nSPS) is 18.1. The van der Waals surface area contributed by atoms with Crippen molar-refractivity contribution in [2.24, 2.45) is 5.41 Å². The van der Waals surface area contributed by atoms with Gasteiger partial charge in [0, 0.05) is 11.1 Å². The molecule has 1 aromatic carbocycles. The number of allylic oxidation sites excluding steroid dienone is 1. The Bertz CT molecular complexity index is 673. The van der Waals surface area contributed by atoms with Gasteiger partial charge >= 0.3 is 0 Å². The van der Waals surface area contributed by atoms with E-state index in [2.05, 4.69) is 65.8 Å². The molecule has 170 valence electrons. The lowest BCUT2D eigenvalue weighted by atomic mass is 9.84. The minimum absolute atomic E-state index is 0.0769. The van der Waals surface area contributed by atoms with Crippen molar-refractivity contribution in [2.75, 3.05) is 52.9 Å². The standard InChI is InChI=1S/C25H40O5/c1-7-25(5,6)11-10-20-8-9-21(24(2,3)4)23-22(20)29-18-16-27-14-12-26-13-15-28-17-19-30-23/h8-11H,7,12-19H2,1-6H3/b11-10+. The Morgan fingerprint density at radius 2 is 1.23 bits per heavy atom. The Balaban J connectivity index is 2.40. The Morgan fingerprint density at radius 3 is 1.73 bits per heavy atom. The van der Waals surface area contributed by atoms with Crippen molar-refractivity contribution in [3.05, 3.63) is 29.3 Å². The van der Waals surface area contributed by atoms with Gasteiger partial charge in [0.1, 0.15) is 13.2 Å². The summed E-state index contributed by atoms with van der Waals surface area (Å²) in [5.74, 6) is 1.58. The van der Waals surface area contributed by atoms with E-state index in [1.54, 1.807) is 0 Å². The van der Waals surface area contributed by atoms with Crippen molar-refractivity contribution in [1.29, 1.82) is 0 Å². The van der Waals surface area contributed by atoms with Gasteiger partial charge in [0.2, 0.25) is 0 Å². The van der Waals surface area contributed by atoms with Crippen LogP contribution >= 0.6 is 0 Å². The van der Waals surface area contributed by atoms with Crippen molar-refractivity contribution in [2.45, 2.75) is 53.4 Å². The van der Waals surface area contributed by atoms with E-state index in [-0.39, 0.29) is 10.8 Å². The third-order valence-corrected chi connectivity index (χ3v) is 5.27. The predicted octanol–water partition coefficient (Wildman–Crippen LogP) is 5.25. The molecule has 1 heterocycles. The molecule has 0 radical (unpaired) electrons. The van der Waals surface area contributed by atoms with Crippen molar-refractivity contribution in [3.8, 4) is 11.5 Å². The van der Waals surface area contributed by atoms with Gasteiger partial charge in [-0.3, -0.25) is 0 Å². The molecule has 0 aliphatic carbocycles. The van der Waals surface area contributed by atoms with Crippen molar-refractivity contribution in [3.63, 3.8) is 0 Å². The lowest BCUT2D eigenvalue weighted by molar-refractivity contribution is 0.00704. The van der Waals surface area contributed by atoms with Crippen LogP contribution in [0.3, 0.4) is 0 Å². The summed E-state index contributed by atoms with van der Waals surface area (Å²) in [6.07, 6.45) is 5.46. The highest BCUT2D eigenvalue weighted by molar-refractivity contribution is 5.66. The minimum atomic E-state index is -0.0769. The van der Waals surface area contributed by atoms with Gasteiger partial charge in [0.25, 0.3) is 0 Å². The van der Waals surface area contributed by atoms with Crippen LogP contribution < -0.4 is 9.47 Å². The molecule has 0 atom stereocenters. The highest BCUT2D eigenvalue weighted by atomic mass is 16.6. The molecule has 0 bridgehead atoms. The lowest BCUT2D eigenvalue weighted by Crippen LogP contribution is -2.17. The molecule has 1 aliphatic heterocycles. The molecule has 0 N–H and O–H groups in total. The molecule has 0 amide bonds. The predicted molar refractivity (Wildman–Crippen MR) is 122 cm³/mol. The SMILES string of the molecule is CCC(C)(C)/C=C/c1ccc(C(C)(C)C)c2c1OCCOCCOCCOCCO2. The second-order valence-electron chi connectivity index (χ2n) is 9.32. The second kappa shape index (κ2) is 11.7. The first kappa shape index (κ1) is 24.7. The molecule has 0 fully saturated rings. The summed E-state index contributed by atoms with van der Waals surface area (Å²) < 4.78 is 29.3. The Kier molecular flexibility index (Phi) is 9.66. The molecular formula is C25H40O5. The van der Waals surface area contributed by atoms with Crippen LogP contribution in [0.4, 0.5) is 0 Å². The fourth-order valence-corrected chi connectivity index (χ4v) is 2.97. The highest BCUT2D eigenvalue weighted by Gasteiger charge is 2.24. The summed E-state index contributed by atoms with van der Waals surface area (Å²) >= 11 is 0. The molecule has 0 unspecified atom stereocenters. The zero-order valence-electron chi connectivity index (χ0n) is 19.7. The van der Waals surface area contributed by atoms with Crippen molar-refractivity contribution < 1.29 is 23.7 Å². The largest absolute Gasteiger partial charge is 0.487 e. The van der Waals surface area contributed by atoms with Crippen LogP contribution in [0.2, 0.25) is 0 Å². The van der Waals surface area contributed by atoms with Gasteiger partial charge in [0.05, 0.1) is 39.6 Å². The van der Waals surface area contributed by atoms with E-state index in [9.17, 15) is 0 Å². The van der Waals surface area contributed by atoms with Crippen molar-refractivity contribution >= 4 is 6.08 Å². The zero-order chi connectivity index (χ0) is 22.0. The van der Waals surface area contributed by atoms with E-state index in [0.29, 0.717) is 52.9 Å². The summed E-state index contributed by atoms with van der Waals surface area (Å²) in [6.45, 7) is 17.4. The van der Waals surface area contributed by atoms with Crippen LogP contribution in [0.5, 0.6) is 11.5 Å². The zero-order valence-corrected chi connectivity index (χ0v) is 19.7. The maximum Gasteiger partial charge on any atom is 0.168 e. The van der Waals surface area contributed by atoms with E-state index >= 15 is 0 Å². The monoisotopic (exact) mass is 420 g/mol. The van der Waals surface area contributed by atoms with Gasteiger partial charge < -0.3 is 23.7 Å². The second-order valence-corrected chi connectivity index (χ2v) is 9.32. The van der Waals surface area contributed by atoms with Gasteiger partial charge in [-0.15, -0.1) is 0 Å². The van der Waals surface area contributed by atoms with Crippen LogP contribution in [0.1, 0.15) is 59.1 Å². The lowest BCUT2D eigenvalue weighted by Gasteiger charge is -2.26. The van der Waals surface area contributed by atoms with E-state index in [1.807, 2.05) is 0 Å². The van der Waals surface area contributed by atoms with Crippen LogP contribution in [0.25, 0.3) is 6.08 Å². The molecule has 0 spiro atoms. The molecule has 1 aromatic rings. The molecule has 2 rings (SSSR count). The van der Waals surface area contributed by atoms with Gasteiger partial charge in [0.15, 0.2) is 11.5 Å². The molecule has 1 aliphatic rings. The molecule has 0 saturated carbocycles. The Labute approximate surface area is 182 Å². The average Bonchev–Trinajstić information content (AvgIpc) is 2.70. The topological polar surface area (TPSA) is 46.2 Å². The van der Waals surface area contributed by atoms with Crippen LogP contribution in [0, 0.1) is 5.41 Å². The van der Waals surface area contributed by atoms with Gasteiger partial charge in [-0.1, -0.05) is 65.8 Å². The third-order valence-electron chi connectivity index (χ3n) is 5.27. The van der Waals surface area contributed by atoms with E-state index in [1.165, 1.54) is 0 Å². The van der Waals surface area contributed by atoms with Crippen LogP contribution in [0.15, 0.2) is 18.2 Å². The summed E-state index contributed by atoms with van der Waals surface area (Å²) in [5.41, 5.74) is 2.19. The summed E-state index contributed by atoms with van der Waals surface area (Å²) in [6, 6.07) is 4.28. The first-order chi connectivity index (χ1) is 14.2. The fraction of sp³-hybridized carbons (Fsp3) is 0.680. The maximum absolute atomic E-state index is 6.25. The van der Waals surface area contributed by atoms with Crippen LogP contribution in [-0.4, -0.2) is 52.9 Å². The maximum atomic E-state index is 6.25. The van der Waals surface area contributed by atoms with E-state index in [4.69, 9.17) is 23.7 Å². The minimum Gasteiger partial charge on any atom is -0.487 e. The molecule has 5 nitrogen and oxygen atoms in total. The van der Waals surface area contributed by atoms with E-state index < -0.39 is 0 Å². The van der Waals surface area contributed by atoms with Gasteiger partial charge in [-0.05, 0) is 17.3 Å². The number of ether oxygens (including phenoxy) is 5. The first-order valence-corrected chi connectivity index (χ1v) is 11.1. The summed E-state index contributed by atoms with van der Waals surface area (Å²) in [5, 5.41) is 0. The average molecular weight is 421 g/mol. The first-order valence-electron chi connectivity index (χ1n) is 11.1. The van der Waals surface area contributed by atoms with Crippen molar-refractivity contribution in [1.82, 2.24) is 0 Å². The number of benzene rings is 1. The third kappa shape index (κ3) is 7.93. The number of hydrogen-bond acceptors (Lipinski definition) is 5. The molecular weight excluding hydrogens is 380 g/mol. The number of rotatable bonds is 3. The quantitative estimate of drug-likeness (QED) is 0.668. The van der Waals surface area contributed by atoms with Crippen LogP contribution in [-0.2, 0) is 19.6 Å².